The van der Waals surface area contributed by atoms with Gasteiger partial charge in [-0.1, -0.05) is 12.1 Å². The second-order valence-corrected chi connectivity index (χ2v) is 4.90. The van der Waals surface area contributed by atoms with E-state index in [1.807, 2.05) is 19.2 Å². The maximum atomic E-state index is 13.5. The van der Waals surface area contributed by atoms with Crippen LogP contribution in [0, 0.1) is 12.7 Å². The van der Waals surface area contributed by atoms with E-state index < -0.39 is 0 Å². The minimum absolute atomic E-state index is 0.245. The van der Waals surface area contributed by atoms with Gasteiger partial charge in [-0.25, -0.2) is 14.4 Å². The highest BCUT2D eigenvalue weighted by Crippen LogP contribution is 2.29. The molecule has 0 unspecified atom stereocenters. The summed E-state index contributed by atoms with van der Waals surface area (Å²) in [5.74, 6) is 0.452. The van der Waals surface area contributed by atoms with Crippen LogP contribution in [0.1, 0.15) is 5.82 Å². The number of aryl methyl sites for hydroxylation is 1. The molecule has 2 aromatic rings. The number of nitrogens with one attached hydrogen (secondary N) is 1. The predicted molar refractivity (Wildman–Crippen MR) is 77.2 cm³/mol. The second-order valence-electron chi connectivity index (χ2n) is 4.90. The summed E-state index contributed by atoms with van der Waals surface area (Å²) >= 11 is 0. The Morgan fingerprint density at radius 1 is 1.25 bits per heavy atom. The van der Waals surface area contributed by atoms with Crippen LogP contribution in [0.4, 0.5) is 10.1 Å². The lowest BCUT2D eigenvalue weighted by Crippen LogP contribution is -2.43. The minimum atomic E-state index is -0.245. The summed E-state index contributed by atoms with van der Waals surface area (Å²) in [6.07, 6.45) is 1.84. The Bertz CT molecular complexity index is 609. The minimum Gasteiger partial charge on any atom is -0.366 e. The molecule has 20 heavy (non-hydrogen) atoms. The molecule has 1 aromatic carbocycles. The number of benzene rings is 1. The molecule has 4 nitrogen and oxygen atoms in total. The number of hydrogen-bond acceptors (Lipinski definition) is 4. The van der Waals surface area contributed by atoms with E-state index in [1.165, 1.54) is 12.1 Å². The third-order valence-corrected chi connectivity index (χ3v) is 3.45. The van der Waals surface area contributed by atoms with Gasteiger partial charge in [0, 0.05) is 31.7 Å². The highest BCUT2D eigenvalue weighted by Gasteiger charge is 2.17. The van der Waals surface area contributed by atoms with Crippen LogP contribution in [-0.4, -0.2) is 36.1 Å². The summed E-state index contributed by atoms with van der Waals surface area (Å²) in [4.78, 5) is 11.1. The summed E-state index contributed by atoms with van der Waals surface area (Å²) < 4.78 is 13.5. The fourth-order valence-electron chi connectivity index (χ4n) is 2.45. The molecular formula is C15H17FN4. The number of hydrogen-bond donors (Lipinski definition) is 1. The van der Waals surface area contributed by atoms with E-state index in [0.717, 1.165) is 43.1 Å². The highest BCUT2D eigenvalue weighted by molar-refractivity contribution is 5.74. The molecule has 2 heterocycles. The van der Waals surface area contributed by atoms with Crippen LogP contribution in [0.5, 0.6) is 0 Å². The SMILES string of the molecule is Cc1ncc(N2CCNCC2)c(-c2cccc(F)c2)n1. The largest absolute Gasteiger partial charge is 0.366 e. The fourth-order valence-corrected chi connectivity index (χ4v) is 2.45. The first-order valence-electron chi connectivity index (χ1n) is 6.79. The number of aromatic nitrogens is 2. The van der Waals surface area contributed by atoms with Crippen molar-refractivity contribution >= 4 is 5.69 Å². The van der Waals surface area contributed by atoms with E-state index in [-0.39, 0.29) is 5.82 Å². The Kier molecular flexibility index (Phi) is 3.60. The third-order valence-electron chi connectivity index (χ3n) is 3.45. The van der Waals surface area contributed by atoms with E-state index in [0.29, 0.717) is 5.82 Å². The van der Waals surface area contributed by atoms with Crippen molar-refractivity contribution in [2.24, 2.45) is 0 Å². The quantitative estimate of drug-likeness (QED) is 0.908. The third kappa shape index (κ3) is 2.63. The Hall–Kier alpha value is -2.01. The lowest BCUT2D eigenvalue weighted by atomic mass is 10.1. The van der Waals surface area contributed by atoms with Crippen molar-refractivity contribution in [3.8, 4) is 11.3 Å². The Balaban J connectivity index is 2.06. The van der Waals surface area contributed by atoms with Gasteiger partial charge in [0.15, 0.2) is 0 Å². The molecule has 1 aromatic heterocycles. The number of anilines is 1. The number of halogens is 1. The van der Waals surface area contributed by atoms with Crippen molar-refractivity contribution in [3.63, 3.8) is 0 Å². The van der Waals surface area contributed by atoms with Crippen LogP contribution in [0.25, 0.3) is 11.3 Å². The van der Waals surface area contributed by atoms with Gasteiger partial charge in [-0.3, -0.25) is 0 Å². The van der Waals surface area contributed by atoms with Gasteiger partial charge in [-0.2, -0.15) is 0 Å². The van der Waals surface area contributed by atoms with Crippen molar-refractivity contribution in [2.75, 3.05) is 31.1 Å². The standard InChI is InChI=1S/C15H17FN4/c1-11-18-10-14(20-7-5-17-6-8-20)15(19-11)12-3-2-4-13(16)9-12/h2-4,9-10,17H,5-8H2,1H3. The molecule has 104 valence electrons. The topological polar surface area (TPSA) is 41.1 Å². The monoisotopic (exact) mass is 272 g/mol. The van der Waals surface area contributed by atoms with Gasteiger partial charge < -0.3 is 10.2 Å². The van der Waals surface area contributed by atoms with Gasteiger partial charge in [-0.05, 0) is 19.1 Å². The van der Waals surface area contributed by atoms with Crippen LogP contribution >= 0.6 is 0 Å². The molecule has 1 fully saturated rings. The Labute approximate surface area is 117 Å². The zero-order valence-corrected chi connectivity index (χ0v) is 11.4. The van der Waals surface area contributed by atoms with Crippen molar-refractivity contribution in [2.45, 2.75) is 6.92 Å². The Morgan fingerprint density at radius 2 is 2.05 bits per heavy atom. The van der Waals surface area contributed by atoms with Crippen LogP contribution in [0.3, 0.4) is 0 Å². The molecule has 0 amide bonds. The summed E-state index contributed by atoms with van der Waals surface area (Å²) in [5, 5.41) is 3.32. The molecule has 0 radical (unpaired) electrons. The van der Waals surface area contributed by atoms with Gasteiger partial charge >= 0.3 is 0 Å². The molecule has 0 spiro atoms. The van der Waals surface area contributed by atoms with E-state index >= 15 is 0 Å². The molecule has 0 bridgehead atoms. The van der Waals surface area contributed by atoms with Gasteiger partial charge in [-0.15, -0.1) is 0 Å². The smallest absolute Gasteiger partial charge is 0.126 e. The summed E-state index contributed by atoms with van der Waals surface area (Å²) in [6, 6.07) is 6.57. The maximum Gasteiger partial charge on any atom is 0.126 e. The van der Waals surface area contributed by atoms with Crippen molar-refractivity contribution in [3.05, 3.63) is 42.1 Å². The molecule has 1 aliphatic heterocycles. The molecule has 1 saturated heterocycles. The first-order chi connectivity index (χ1) is 9.74. The molecule has 3 rings (SSSR count). The summed E-state index contributed by atoms with van der Waals surface area (Å²) in [6.45, 7) is 5.56. The number of rotatable bonds is 2. The van der Waals surface area contributed by atoms with Crippen LogP contribution in [0.15, 0.2) is 30.5 Å². The Morgan fingerprint density at radius 3 is 2.80 bits per heavy atom. The van der Waals surface area contributed by atoms with Crippen molar-refractivity contribution < 1.29 is 4.39 Å². The molecule has 0 aliphatic carbocycles. The molecule has 5 heteroatoms. The van der Waals surface area contributed by atoms with E-state index in [2.05, 4.69) is 20.2 Å². The zero-order valence-electron chi connectivity index (χ0n) is 11.4. The zero-order chi connectivity index (χ0) is 13.9. The first-order valence-corrected chi connectivity index (χ1v) is 6.79. The predicted octanol–water partition coefficient (Wildman–Crippen LogP) is 2.00. The van der Waals surface area contributed by atoms with E-state index in [1.54, 1.807) is 6.07 Å². The molecule has 1 aliphatic rings. The fraction of sp³-hybridized carbons (Fsp3) is 0.333. The van der Waals surface area contributed by atoms with E-state index in [9.17, 15) is 4.39 Å². The molecule has 0 saturated carbocycles. The van der Waals surface area contributed by atoms with Crippen LogP contribution in [-0.2, 0) is 0 Å². The van der Waals surface area contributed by atoms with Gasteiger partial charge in [0.05, 0.1) is 17.6 Å². The van der Waals surface area contributed by atoms with Crippen LogP contribution < -0.4 is 10.2 Å². The lowest BCUT2D eigenvalue weighted by molar-refractivity contribution is 0.588. The van der Waals surface area contributed by atoms with E-state index in [4.69, 9.17) is 0 Å². The van der Waals surface area contributed by atoms with Crippen LogP contribution in [0.2, 0.25) is 0 Å². The van der Waals surface area contributed by atoms with Gasteiger partial charge in [0.2, 0.25) is 0 Å². The average Bonchev–Trinajstić information content (AvgIpc) is 2.48. The van der Waals surface area contributed by atoms with Gasteiger partial charge in [0.1, 0.15) is 11.6 Å². The normalized spacial score (nSPS) is 15.4. The number of nitrogens with zero attached hydrogens (tertiary/aromatic N) is 3. The lowest BCUT2D eigenvalue weighted by Gasteiger charge is -2.30. The number of piperazine rings is 1. The molecular weight excluding hydrogens is 255 g/mol. The maximum absolute atomic E-state index is 13.5. The highest BCUT2D eigenvalue weighted by atomic mass is 19.1. The summed E-state index contributed by atoms with van der Waals surface area (Å²) in [7, 11) is 0. The van der Waals surface area contributed by atoms with Crippen molar-refractivity contribution in [1.29, 1.82) is 0 Å². The first kappa shape index (κ1) is 13.0. The summed E-state index contributed by atoms with van der Waals surface area (Å²) in [5.41, 5.74) is 2.57. The van der Waals surface area contributed by atoms with Gasteiger partial charge in [0.25, 0.3) is 0 Å². The molecule has 1 N–H and O–H groups in total. The molecule has 0 atom stereocenters. The van der Waals surface area contributed by atoms with Crippen molar-refractivity contribution in [1.82, 2.24) is 15.3 Å². The average molecular weight is 272 g/mol. The second kappa shape index (κ2) is 5.54.